The maximum Gasteiger partial charge on any atom is 0.270 e. The van der Waals surface area contributed by atoms with Crippen molar-refractivity contribution in [2.45, 2.75) is 25.7 Å². The Balaban J connectivity index is 1.35. The monoisotopic (exact) mass is 548 g/mol. The number of carbonyl (C=O) groups is 1. The first-order valence-electron chi connectivity index (χ1n) is 14.0. The molecule has 6 rings (SSSR count). The van der Waals surface area contributed by atoms with E-state index in [1.54, 1.807) is 12.3 Å². The Morgan fingerprint density at radius 1 is 1.02 bits per heavy atom. The molecule has 208 valence electrons. The van der Waals surface area contributed by atoms with E-state index in [-0.39, 0.29) is 11.6 Å². The molecule has 0 radical (unpaired) electrons. The molecule has 0 spiro atoms. The van der Waals surface area contributed by atoms with Gasteiger partial charge in [-0.1, -0.05) is 30.7 Å². The summed E-state index contributed by atoms with van der Waals surface area (Å²) in [5, 5.41) is 17.9. The molecule has 9 nitrogen and oxygen atoms in total. The Bertz CT molecular complexity index is 1620. The number of hydrogen-bond acceptors (Lipinski definition) is 6. The van der Waals surface area contributed by atoms with Crippen LogP contribution >= 0.6 is 0 Å². The lowest BCUT2D eigenvalue weighted by Crippen LogP contribution is -2.31. The lowest BCUT2D eigenvalue weighted by molar-refractivity contribution is -0.384. The topological polar surface area (TPSA) is 105 Å². The molecule has 0 saturated carbocycles. The Hall–Kier alpha value is -4.76. The fraction of sp³-hybridized carbons (Fsp3) is 0.250. The van der Waals surface area contributed by atoms with Crippen molar-refractivity contribution in [2.24, 2.45) is 7.05 Å². The number of nitro groups is 1. The van der Waals surface area contributed by atoms with Crippen molar-refractivity contribution in [3.05, 3.63) is 106 Å². The minimum atomic E-state index is -0.443. The number of nitrogens with one attached hydrogen (secondary N) is 2. The summed E-state index contributed by atoms with van der Waals surface area (Å²) >= 11 is 0. The van der Waals surface area contributed by atoms with Crippen LogP contribution in [0.5, 0.6) is 0 Å². The van der Waals surface area contributed by atoms with Crippen LogP contribution in [0.1, 0.15) is 36.0 Å². The molecule has 0 aliphatic carbocycles. The number of benzene rings is 3. The molecule has 0 bridgehead atoms. The molecule has 2 aliphatic rings. The van der Waals surface area contributed by atoms with Crippen LogP contribution in [-0.2, 0) is 18.3 Å². The molecule has 1 amide bonds. The number of aromatic nitrogens is 2. The van der Waals surface area contributed by atoms with Crippen LogP contribution in [0.3, 0.4) is 0 Å². The fourth-order valence-corrected chi connectivity index (χ4v) is 5.60. The lowest BCUT2D eigenvalue weighted by Gasteiger charge is -2.26. The van der Waals surface area contributed by atoms with Gasteiger partial charge in [0.05, 0.1) is 16.2 Å². The van der Waals surface area contributed by atoms with Gasteiger partial charge in [-0.05, 0) is 73.8 Å². The Labute approximate surface area is 238 Å². The van der Waals surface area contributed by atoms with Gasteiger partial charge < -0.3 is 20.1 Å². The van der Waals surface area contributed by atoms with E-state index >= 15 is 0 Å². The van der Waals surface area contributed by atoms with Crippen molar-refractivity contribution in [2.75, 3.05) is 30.3 Å². The van der Waals surface area contributed by atoms with Gasteiger partial charge >= 0.3 is 0 Å². The van der Waals surface area contributed by atoms with Crippen molar-refractivity contribution in [1.82, 2.24) is 14.5 Å². The molecule has 1 fully saturated rings. The third-order valence-electron chi connectivity index (χ3n) is 7.85. The molecule has 3 aromatic carbocycles. The summed E-state index contributed by atoms with van der Waals surface area (Å²) in [5.74, 6) is 0.550. The standard InChI is InChI=1S/C32H32N6O3/c1-36-20-16-33-31(36)24-9-11-25(12-10-24)34-30(29-27-21-26(38(40)41)13-14-28(27)35-32(29)39)23-7-5-22(6-8-23)15-19-37-17-3-2-4-18-37/h5-14,16,20-21,34H,2-4,15,17-19H2,1H3,(H,35,39). The normalized spacial score (nSPS) is 16.3. The van der Waals surface area contributed by atoms with Crippen molar-refractivity contribution in [3.63, 3.8) is 0 Å². The molecule has 9 heteroatoms. The molecule has 3 heterocycles. The molecule has 4 aromatic rings. The highest BCUT2D eigenvalue weighted by molar-refractivity contribution is 6.37. The first kappa shape index (κ1) is 26.5. The van der Waals surface area contributed by atoms with Gasteiger partial charge in [0, 0.05) is 60.6 Å². The van der Waals surface area contributed by atoms with E-state index in [4.69, 9.17) is 0 Å². The summed E-state index contributed by atoms with van der Waals surface area (Å²) in [6, 6.07) is 20.5. The predicted octanol–water partition coefficient (Wildman–Crippen LogP) is 5.96. The fourth-order valence-electron chi connectivity index (χ4n) is 5.60. The van der Waals surface area contributed by atoms with E-state index in [0.29, 0.717) is 22.5 Å². The first-order chi connectivity index (χ1) is 20.0. The van der Waals surface area contributed by atoms with Crippen molar-refractivity contribution in [3.8, 4) is 11.4 Å². The highest BCUT2D eigenvalue weighted by atomic mass is 16.6. The van der Waals surface area contributed by atoms with Gasteiger partial charge in [0.1, 0.15) is 5.82 Å². The molecule has 41 heavy (non-hydrogen) atoms. The maximum atomic E-state index is 13.3. The van der Waals surface area contributed by atoms with Gasteiger partial charge in [-0.25, -0.2) is 4.98 Å². The number of nitrogens with zero attached hydrogens (tertiary/aromatic N) is 4. The number of piperidine rings is 1. The summed E-state index contributed by atoms with van der Waals surface area (Å²) in [6.07, 6.45) is 8.48. The zero-order valence-corrected chi connectivity index (χ0v) is 23.0. The van der Waals surface area contributed by atoms with Crippen LogP contribution in [0.2, 0.25) is 0 Å². The number of hydrogen-bond donors (Lipinski definition) is 2. The molecular weight excluding hydrogens is 516 g/mol. The van der Waals surface area contributed by atoms with Gasteiger partial charge in [-0.3, -0.25) is 14.9 Å². The first-order valence-corrected chi connectivity index (χ1v) is 14.0. The maximum absolute atomic E-state index is 13.3. The van der Waals surface area contributed by atoms with E-state index in [1.807, 2.05) is 54.2 Å². The Morgan fingerprint density at radius 3 is 2.46 bits per heavy atom. The van der Waals surface area contributed by atoms with Crippen molar-refractivity contribution >= 4 is 34.2 Å². The lowest BCUT2D eigenvalue weighted by atomic mass is 9.98. The second kappa shape index (κ2) is 11.4. The van der Waals surface area contributed by atoms with Crippen LogP contribution < -0.4 is 10.6 Å². The van der Waals surface area contributed by atoms with E-state index < -0.39 is 4.92 Å². The van der Waals surface area contributed by atoms with Gasteiger partial charge in [-0.15, -0.1) is 0 Å². The van der Waals surface area contributed by atoms with Gasteiger partial charge in [0.25, 0.3) is 11.6 Å². The highest BCUT2D eigenvalue weighted by Gasteiger charge is 2.30. The number of imidazole rings is 1. The number of anilines is 2. The molecular formula is C32H32N6O3. The number of rotatable bonds is 8. The molecule has 0 atom stereocenters. The van der Waals surface area contributed by atoms with E-state index in [9.17, 15) is 14.9 Å². The minimum absolute atomic E-state index is 0.0652. The van der Waals surface area contributed by atoms with Gasteiger partial charge in [-0.2, -0.15) is 0 Å². The Morgan fingerprint density at radius 2 is 1.78 bits per heavy atom. The molecule has 1 aromatic heterocycles. The van der Waals surface area contributed by atoms with Crippen LogP contribution in [0.4, 0.5) is 17.1 Å². The van der Waals surface area contributed by atoms with Crippen molar-refractivity contribution < 1.29 is 9.72 Å². The second-order valence-electron chi connectivity index (χ2n) is 10.6. The average molecular weight is 549 g/mol. The SMILES string of the molecule is Cn1ccnc1-c1ccc(NC(=C2C(=O)Nc3ccc([N+](=O)[O-])cc32)c2ccc(CCN3CCCCC3)cc2)cc1. The third kappa shape index (κ3) is 5.62. The van der Waals surface area contributed by atoms with Gasteiger partial charge in [0.15, 0.2) is 0 Å². The summed E-state index contributed by atoms with van der Waals surface area (Å²) in [4.78, 5) is 31.4. The molecule has 2 N–H and O–H groups in total. The summed E-state index contributed by atoms with van der Waals surface area (Å²) in [6.45, 7) is 3.36. The second-order valence-corrected chi connectivity index (χ2v) is 10.6. The van der Waals surface area contributed by atoms with Gasteiger partial charge in [0.2, 0.25) is 0 Å². The van der Waals surface area contributed by atoms with E-state index in [0.717, 1.165) is 48.7 Å². The summed E-state index contributed by atoms with van der Waals surface area (Å²) in [7, 11) is 1.95. The zero-order chi connectivity index (χ0) is 28.3. The predicted molar refractivity (Wildman–Crippen MR) is 161 cm³/mol. The largest absolute Gasteiger partial charge is 0.354 e. The minimum Gasteiger partial charge on any atom is -0.354 e. The van der Waals surface area contributed by atoms with Crippen LogP contribution in [0.15, 0.2) is 79.1 Å². The zero-order valence-electron chi connectivity index (χ0n) is 23.0. The quantitative estimate of drug-likeness (QED) is 0.160. The highest BCUT2D eigenvalue weighted by Crippen LogP contribution is 2.39. The molecule has 1 saturated heterocycles. The van der Waals surface area contributed by atoms with E-state index in [1.165, 1.54) is 37.0 Å². The number of fused-ring (bicyclic) bond motifs is 1. The summed E-state index contributed by atoms with van der Waals surface area (Å²) in [5.41, 5.74) is 5.76. The van der Waals surface area contributed by atoms with E-state index in [2.05, 4.69) is 32.7 Å². The van der Waals surface area contributed by atoms with Crippen LogP contribution in [-0.4, -0.2) is 44.9 Å². The van der Waals surface area contributed by atoms with Crippen molar-refractivity contribution in [1.29, 1.82) is 0 Å². The number of non-ortho nitro benzene ring substituents is 1. The number of aryl methyl sites for hydroxylation is 1. The van der Waals surface area contributed by atoms with Crippen LogP contribution in [0.25, 0.3) is 22.7 Å². The number of nitro benzene ring substituents is 1. The average Bonchev–Trinajstić information content (AvgIpc) is 3.57. The van der Waals surface area contributed by atoms with Crippen LogP contribution in [0, 0.1) is 10.1 Å². The number of carbonyl (C=O) groups excluding carboxylic acids is 1. The number of amides is 1. The summed E-state index contributed by atoms with van der Waals surface area (Å²) < 4.78 is 1.95. The Kier molecular flexibility index (Phi) is 7.35. The smallest absolute Gasteiger partial charge is 0.270 e. The molecule has 0 unspecified atom stereocenters. The molecule has 2 aliphatic heterocycles. The third-order valence-corrected chi connectivity index (χ3v) is 7.85. The number of likely N-dealkylation sites (tertiary alicyclic amines) is 1.